The Morgan fingerprint density at radius 2 is 2.32 bits per heavy atom. The molecule has 1 amide bonds. The van der Waals surface area contributed by atoms with Crippen LogP contribution in [-0.2, 0) is 11.3 Å². The van der Waals surface area contributed by atoms with Gasteiger partial charge in [0.05, 0.1) is 10.4 Å². The maximum Gasteiger partial charge on any atom is 0.227 e. The summed E-state index contributed by atoms with van der Waals surface area (Å²) in [6.45, 7) is 2.20. The molecular weight excluding hydrogens is 311 g/mol. The first-order valence-electron chi connectivity index (χ1n) is 6.62. The number of nitrogens with zero attached hydrogens (tertiary/aromatic N) is 1. The average molecular weight is 327 g/mol. The van der Waals surface area contributed by atoms with Crippen LogP contribution in [0.5, 0.6) is 0 Å². The van der Waals surface area contributed by atoms with Crippen LogP contribution < -0.4 is 5.32 Å². The maximum atomic E-state index is 13.5. The lowest BCUT2D eigenvalue weighted by Crippen LogP contribution is -2.41. The third kappa shape index (κ3) is 2.41. The summed E-state index contributed by atoms with van der Waals surface area (Å²) in [4.78, 5) is 14.2. The topological polar surface area (TPSA) is 32.3 Å². The van der Waals surface area contributed by atoms with E-state index in [1.165, 1.54) is 6.07 Å². The van der Waals surface area contributed by atoms with Crippen molar-refractivity contribution in [1.82, 2.24) is 10.2 Å². The summed E-state index contributed by atoms with van der Waals surface area (Å²) in [5.74, 6) is 0.0362. The standard InChI is InChI=1S/C14H16BrFN2O/c15-13-9(3-1-5-11(13)16)7-18-8-12-10(14(18)19)4-2-6-17-12/h1,3,5,10,12,17H,2,4,6-8H2. The molecule has 0 saturated carbocycles. The lowest BCUT2D eigenvalue weighted by atomic mass is 9.94. The lowest BCUT2D eigenvalue weighted by molar-refractivity contribution is -0.131. The minimum absolute atomic E-state index is 0.112. The highest BCUT2D eigenvalue weighted by atomic mass is 79.9. The minimum Gasteiger partial charge on any atom is -0.336 e. The largest absolute Gasteiger partial charge is 0.336 e. The number of amides is 1. The highest BCUT2D eigenvalue weighted by Crippen LogP contribution is 2.29. The summed E-state index contributed by atoms with van der Waals surface area (Å²) >= 11 is 3.26. The van der Waals surface area contributed by atoms with E-state index in [-0.39, 0.29) is 23.7 Å². The zero-order chi connectivity index (χ0) is 13.4. The first-order chi connectivity index (χ1) is 9.16. The summed E-state index contributed by atoms with van der Waals surface area (Å²) in [5.41, 5.74) is 0.826. The fourth-order valence-corrected chi connectivity index (χ4v) is 3.41. The number of carbonyl (C=O) groups is 1. The number of carbonyl (C=O) groups excluding carboxylic acids is 1. The number of rotatable bonds is 2. The van der Waals surface area contributed by atoms with Gasteiger partial charge in [0, 0.05) is 19.1 Å². The molecule has 2 aliphatic rings. The van der Waals surface area contributed by atoms with Gasteiger partial charge in [0.15, 0.2) is 0 Å². The van der Waals surface area contributed by atoms with Crippen LogP contribution in [0.1, 0.15) is 18.4 Å². The van der Waals surface area contributed by atoms with Crippen molar-refractivity contribution in [3.63, 3.8) is 0 Å². The van der Waals surface area contributed by atoms with Crippen molar-refractivity contribution in [2.45, 2.75) is 25.4 Å². The Morgan fingerprint density at radius 3 is 3.11 bits per heavy atom. The van der Waals surface area contributed by atoms with Gasteiger partial charge in [-0.3, -0.25) is 4.79 Å². The maximum absolute atomic E-state index is 13.5. The third-order valence-electron chi connectivity index (χ3n) is 4.02. The molecular formula is C14H16BrFN2O. The van der Waals surface area contributed by atoms with Crippen LogP contribution in [0.2, 0.25) is 0 Å². The molecule has 2 unspecified atom stereocenters. The normalized spacial score (nSPS) is 26.6. The van der Waals surface area contributed by atoms with Crippen molar-refractivity contribution >= 4 is 21.8 Å². The molecule has 1 aromatic carbocycles. The van der Waals surface area contributed by atoms with Gasteiger partial charge in [-0.2, -0.15) is 0 Å². The van der Waals surface area contributed by atoms with Gasteiger partial charge in [0.2, 0.25) is 5.91 Å². The van der Waals surface area contributed by atoms with Crippen molar-refractivity contribution in [3.05, 3.63) is 34.1 Å². The lowest BCUT2D eigenvalue weighted by Gasteiger charge is -2.23. The number of hydrogen-bond donors (Lipinski definition) is 1. The Morgan fingerprint density at radius 1 is 1.47 bits per heavy atom. The third-order valence-corrected chi connectivity index (χ3v) is 4.91. The number of halogens is 2. The number of piperidine rings is 1. The van der Waals surface area contributed by atoms with E-state index in [1.807, 2.05) is 11.0 Å². The molecule has 2 atom stereocenters. The van der Waals surface area contributed by atoms with Gasteiger partial charge in [-0.1, -0.05) is 12.1 Å². The zero-order valence-electron chi connectivity index (χ0n) is 10.5. The van der Waals surface area contributed by atoms with E-state index in [4.69, 9.17) is 0 Å². The zero-order valence-corrected chi connectivity index (χ0v) is 12.1. The van der Waals surface area contributed by atoms with Gasteiger partial charge < -0.3 is 10.2 Å². The molecule has 0 radical (unpaired) electrons. The fraction of sp³-hybridized carbons (Fsp3) is 0.500. The van der Waals surface area contributed by atoms with Crippen LogP contribution >= 0.6 is 15.9 Å². The van der Waals surface area contributed by atoms with Crippen molar-refractivity contribution in [2.75, 3.05) is 13.1 Å². The molecule has 102 valence electrons. The van der Waals surface area contributed by atoms with Crippen LogP contribution in [-0.4, -0.2) is 29.9 Å². The van der Waals surface area contributed by atoms with Crippen LogP contribution in [0, 0.1) is 11.7 Å². The highest BCUT2D eigenvalue weighted by Gasteiger charge is 2.41. The first-order valence-corrected chi connectivity index (χ1v) is 7.41. The second-order valence-corrected chi connectivity index (χ2v) is 6.03. The number of benzene rings is 1. The van der Waals surface area contributed by atoms with Crippen molar-refractivity contribution in [1.29, 1.82) is 0 Å². The molecule has 5 heteroatoms. The summed E-state index contributed by atoms with van der Waals surface area (Å²) in [5, 5.41) is 3.40. The molecule has 1 aromatic rings. The predicted octanol–water partition coefficient (Wildman–Crippen LogP) is 2.30. The molecule has 0 aromatic heterocycles. The van der Waals surface area contributed by atoms with E-state index < -0.39 is 0 Å². The quantitative estimate of drug-likeness (QED) is 0.904. The van der Waals surface area contributed by atoms with Gasteiger partial charge in [0.25, 0.3) is 0 Å². The minimum atomic E-state index is -0.278. The van der Waals surface area contributed by atoms with E-state index in [1.54, 1.807) is 6.07 Å². The summed E-state index contributed by atoms with van der Waals surface area (Å²) in [6, 6.07) is 5.23. The molecule has 2 aliphatic heterocycles. The van der Waals surface area contributed by atoms with Crippen LogP contribution in [0.25, 0.3) is 0 Å². The van der Waals surface area contributed by atoms with Gasteiger partial charge in [0.1, 0.15) is 5.82 Å². The van der Waals surface area contributed by atoms with Crippen molar-refractivity contribution in [2.24, 2.45) is 5.92 Å². The summed E-state index contributed by atoms with van der Waals surface area (Å²) in [7, 11) is 0. The fourth-order valence-electron chi connectivity index (χ4n) is 3.02. The predicted molar refractivity (Wildman–Crippen MR) is 74.0 cm³/mol. The molecule has 3 nitrogen and oxygen atoms in total. The SMILES string of the molecule is O=C1C2CCCNC2CN1Cc1cccc(F)c1Br. The molecule has 1 N–H and O–H groups in total. The van der Waals surface area contributed by atoms with Crippen molar-refractivity contribution in [3.8, 4) is 0 Å². The van der Waals surface area contributed by atoms with Crippen LogP contribution in [0.15, 0.2) is 22.7 Å². The van der Waals surface area contributed by atoms with E-state index in [2.05, 4.69) is 21.2 Å². The second kappa shape index (κ2) is 5.21. The molecule has 0 bridgehead atoms. The van der Waals surface area contributed by atoms with Crippen LogP contribution in [0.4, 0.5) is 4.39 Å². The molecule has 0 aliphatic carbocycles. The van der Waals surface area contributed by atoms with Gasteiger partial charge in [-0.25, -0.2) is 4.39 Å². The summed E-state index contributed by atoms with van der Waals surface area (Å²) < 4.78 is 13.9. The smallest absolute Gasteiger partial charge is 0.227 e. The van der Waals surface area contributed by atoms with E-state index >= 15 is 0 Å². The van der Waals surface area contributed by atoms with Gasteiger partial charge in [-0.05, 0) is 46.9 Å². The monoisotopic (exact) mass is 326 g/mol. The molecule has 3 rings (SSSR count). The Balaban J connectivity index is 1.77. The molecule has 0 spiro atoms. The van der Waals surface area contributed by atoms with Crippen molar-refractivity contribution < 1.29 is 9.18 Å². The summed E-state index contributed by atoms with van der Waals surface area (Å²) in [6.07, 6.45) is 2.03. The molecule has 19 heavy (non-hydrogen) atoms. The molecule has 2 heterocycles. The molecule has 2 fully saturated rings. The number of nitrogens with one attached hydrogen (secondary N) is 1. The Kier molecular flexibility index (Phi) is 3.58. The Labute approximate surface area is 120 Å². The number of fused-ring (bicyclic) bond motifs is 1. The first kappa shape index (κ1) is 13.1. The Bertz CT molecular complexity index is 508. The highest BCUT2D eigenvalue weighted by molar-refractivity contribution is 9.10. The Hall–Kier alpha value is -0.940. The van der Waals surface area contributed by atoms with Crippen LogP contribution in [0.3, 0.4) is 0 Å². The number of likely N-dealkylation sites (tertiary alicyclic amines) is 1. The average Bonchev–Trinajstić information content (AvgIpc) is 2.73. The van der Waals surface area contributed by atoms with Gasteiger partial charge >= 0.3 is 0 Å². The second-order valence-electron chi connectivity index (χ2n) is 5.24. The van der Waals surface area contributed by atoms with Gasteiger partial charge in [-0.15, -0.1) is 0 Å². The molecule has 2 saturated heterocycles. The van der Waals surface area contributed by atoms with E-state index in [0.717, 1.165) is 31.5 Å². The van der Waals surface area contributed by atoms with E-state index in [9.17, 15) is 9.18 Å². The number of hydrogen-bond acceptors (Lipinski definition) is 2. The van der Waals surface area contributed by atoms with E-state index in [0.29, 0.717) is 11.0 Å².